The Morgan fingerprint density at radius 1 is 1.41 bits per heavy atom. The van der Waals surface area contributed by atoms with Crippen LogP contribution >= 0.6 is 12.4 Å². The van der Waals surface area contributed by atoms with Crippen molar-refractivity contribution in [2.24, 2.45) is 4.99 Å². The Labute approximate surface area is 104 Å². The van der Waals surface area contributed by atoms with Crippen molar-refractivity contribution >= 4 is 29.2 Å². The van der Waals surface area contributed by atoms with Crippen LogP contribution in [0.25, 0.3) is 11.0 Å². The molecule has 0 spiro atoms. The van der Waals surface area contributed by atoms with E-state index in [1.165, 1.54) is 0 Å². The molecule has 1 aromatic carbocycles. The summed E-state index contributed by atoms with van der Waals surface area (Å²) in [6.45, 7) is 1.70. The number of nitrogens with one attached hydrogen (secondary N) is 1. The van der Waals surface area contributed by atoms with Gasteiger partial charge in [-0.15, -0.1) is 12.4 Å². The Morgan fingerprint density at radius 2 is 2.29 bits per heavy atom. The highest BCUT2D eigenvalue weighted by atomic mass is 35.5. The van der Waals surface area contributed by atoms with Gasteiger partial charge in [0, 0.05) is 11.9 Å². The Bertz CT molecular complexity index is 565. The number of nitrogens with zero attached hydrogens (tertiary/aromatic N) is 2. The van der Waals surface area contributed by atoms with Crippen LogP contribution in [0.15, 0.2) is 27.7 Å². The molecule has 0 unspecified atom stereocenters. The van der Waals surface area contributed by atoms with E-state index in [4.69, 9.17) is 4.52 Å². The summed E-state index contributed by atoms with van der Waals surface area (Å²) in [5, 5.41) is 17.4. The van der Waals surface area contributed by atoms with E-state index in [1.54, 1.807) is 18.2 Å². The van der Waals surface area contributed by atoms with Crippen LogP contribution in [-0.4, -0.2) is 29.2 Å². The van der Waals surface area contributed by atoms with Crippen LogP contribution in [0.5, 0.6) is 5.75 Å². The van der Waals surface area contributed by atoms with Crippen molar-refractivity contribution in [1.82, 2.24) is 10.5 Å². The van der Waals surface area contributed by atoms with Gasteiger partial charge in [-0.2, -0.15) is 0 Å². The molecule has 2 aromatic rings. The summed E-state index contributed by atoms with van der Waals surface area (Å²) in [5.74, 6) is 1.15. The first kappa shape index (κ1) is 11.7. The van der Waals surface area contributed by atoms with Crippen molar-refractivity contribution in [1.29, 1.82) is 0 Å². The zero-order valence-electron chi connectivity index (χ0n) is 9.01. The number of aliphatic imine (C=N–C) groups is 1. The summed E-state index contributed by atoms with van der Waals surface area (Å²) in [4.78, 5) is 4.30. The second kappa shape index (κ2) is 4.63. The SMILES string of the molecule is Cl.Oc1ccc2onc(CC3=NCCN3)c2c1. The minimum absolute atomic E-state index is 0. The highest BCUT2D eigenvalue weighted by molar-refractivity contribution is 5.90. The minimum Gasteiger partial charge on any atom is -0.508 e. The van der Waals surface area contributed by atoms with Crippen molar-refractivity contribution < 1.29 is 9.63 Å². The Morgan fingerprint density at radius 3 is 3.06 bits per heavy atom. The largest absolute Gasteiger partial charge is 0.508 e. The number of aromatic nitrogens is 1. The number of phenols is 1. The van der Waals surface area contributed by atoms with Gasteiger partial charge in [-0.3, -0.25) is 4.99 Å². The fourth-order valence-electron chi connectivity index (χ4n) is 1.83. The number of benzene rings is 1. The molecule has 5 nitrogen and oxygen atoms in total. The lowest BCUT2D eigenvalue weighted by Crippen LogP contribution is -2.20. The predicted molar refractivity (Wildman–Crippen MR) is 66.9 cm³/mol. The summed E-state index contributed by atoms with van der Waals surface area (Å²) in [6.07, 6.45) is 0.621. The molecule has 0 amide bonds. The van der Waals surface area contributed by atoms with Gasteiger partial charge >= 0.3 is 0 Å². The third-order valence-corrected chi connectivity index (χ3v) is 2.61. The van der Waals surface area contributed by atoms with E-state index in [1.807, 2.05) is 0 Å². The predicted octanol–water partition coefficient (Wildman–Crippen LogP) is 1.50. The molecule has 2 N–H and O–H groups in total. The quantitative estimate of drug-likeness (QED) is 0.851. The van der Waals surface area contributed by atoms with Crippen LogP contribution in [0.1, 0.15) is 5.69 Å². The number of hydrogen-bond donors (Lipinski definition) is 2. The Hall–Kier alpha value is -1.75. The van der Waals surface area contributed by atoms with E-state index in [0.717, 1.165) is 30.0 Å². The van der Waals surface area contributed by atoms with Gasteiger partial charge in [0.1, 0.15) is 11.6 Å². The fraction of sp³-hybridized carbons (Fsp3) is 0.273. The van der Waals surface area contributed by atoms with Crippen molar-refractivity contribution in [3.05, 3.63) is 23.9 Å². The zero-order chi connectivity index (χ0) is 11.0. The first-order valence-electron chi connectivity index (χ1n) is 5.17. The normalized spacial score (nSPS) is 14.2. The molecule has 2 heterocycles. The molecule has 6 heteroatoms. The lowest BCUT2D eigenvalue weighted by atomic mass is 10.1. The van der Waals surface area contributed by atoms with Gasteiger partial charge in [-0.05, 0) is 18.2 Å². The lowest BCUT2D eigenvalue weighted by Gasteiger charge is -1.98. The fourth-order valence-corrected chi connectivity index (χ4v) is 1.83. The van der Waals surface area contributed by atoms with Crippen LogP contribution in [0.2, 0.25) is 0 Å². The topological polar surface area (TPSA) is 70.7 Å². The molecule has 0 atom stereocenters. The van der Waals surface area contributed by atoms with Crippen LogP contribution in [-0.2, 0) is 6.42 Å². The van der Waals surface area contributed by atoms with E-state index >= 15 is 0 Å². The van der Waals surface area contributed by atoms with Crippen LogP contribution < -0.4 is 5.32 Å². The molecule has 3 rings (SSSR count). The van der Waals surface area contributed by atoms with E-state index in [2.05, 4.69) is 15.5 Å². The lowest BCUT2D eigenvalue weighted by molar-refractivity contribution is 0.448. The maximum absolute atomic E-state index is 9.42. The molecule has 0 fully saturated rings. The Kier molecular flexibility index (Phi) is 3.19. The summed E-state index contributed by atoms with van der Waals surface area (Å²) < 4.78 is 5.17. The molecule has 0 radical (unpaired) electrons. The molecule has 0 saturated heterocycles. The third-order valence-electron chi connectivity index (χ3n) is 2.61. The van der Waals surface area contributed by atoms with Gasteiger partial charge in [0.15, 0.2) is 5.58 Å². The number of phenolic OH excluding ortho intramolecular Hbond substituents is 1. The molecule has 1 aromatic heterocycles. The van der Waals surface area contributed by atoms with Crippen LogP contribution in [0.3, 0.4) is 0 Å². The molecular formula is C11H12ClN3O2. The first-order valence-corrected chi connectivity index (χ1v) is 5.17. The molecule has 0 saturated carbocycles. The molecule has 1 aliphatic heterocycles. The number of aromatic hydroxyl groups is 1. The number of amidine groups is 1. The molecule has 0 aliphatic carbocycles. The summed E-state index contributed by atoms with van der Waals surface area (Å²) in [5.41, 5.74) is 1.49. The highest BCUT2D eigenvalue weighted by Gasteiger charge is 2.13. The van der Waals surface area contributed by atoms with E-state index < -0.39 is 0 Å². The second-order valence-electron chi connectivity index (χ2n) is 3.74. The molecule has 17 heavy (non-hydrogen) atoms. The Balaban J connectivity index is 0.00000108. The van der Waals surface area contributed by atoms with E-state index in [9.17, 15) is 5.11 Å². The zero-order valence-corrected chi connectivity index (χ0v) is 9.83. The maximum atomic E-state index is 9.42. The standard InChI is InChI=1S/C11H11N3O2.ClH/c15-7-1-2-10-8(5-7)9(14-16-10)6-11-12-3-4-13-11;/h1-2,5,15H,3-4,6H2,(H,12,13);1H. The van der Waals surface area contributed by atoms with Crippen LogP contribution in [0.4, 0.5) is 0 Å². The monoisotopic (exact) mass is 253 g/mol. The highest BCUT2D eigenvalue weighted by Crippen LogP contribution is 2.23. The van der Waals surface area contributed by atoms with E-state index in [-0.39, 0.29) is 18.2 Å². The summed E-state index contributed by atoms with van der Waals surface area (Å²) >= 11 is 0. The number of rotatable bonds is 2. The number of fused-ring (bicyclic) bond motifs is 1. The molecule has 0 bridgehead atoms. The van der Waals surface area contributed by atoms with Crippen molar-refractivity contribution in [3.8, 4) is 5.75 Å². The number of hydrogen-bond acceptors (Lipinski definition) is 5. The van der Waals surface area contributed by atoms with Gasteiger partial charge in [0.25, 0.3) is 0 Å². The second-order valence-corrected chi connectivity index (χ2v) is 3.74. The summed E-state index contributed by atoms with van der Waals surface area (Å²) in [6, 6.07) is 4.96. The van der Waals surface area contributed by atoms with Gasteiger partial charge in [0.2, 0.25) is 0 Å². The van der Waals surface area contributed by atoms with Crippen molar-refractivity contribution in [2.45, 2.75) is 6.42 Å². The smallest absolute Gasteiger partial charge is 0.167 e. The van der Waals surface area contributed by atoms with Gasteiger partial charge in [0.05, 0.1) is 18.7 Å². The van der Waals surface area contributed by atoms with Gasteiger partial charge < -0.3 is 14.9 Å². The van der Waals surface area contributed by atoms with Crippen molar-refractivity contribution in [2.75, 3.05) is 13.1 Å². The molecule has 90 valence electrons. The minimum atomic E-state index is 0. The van der Waals surface area contributed by atoms with E-state index in [0.29, 0.717) is 12.0 Å². The average molecular weight is 254 g/mol. The maximum Gasteiger partial charge on any atom is 0.167 e. The average Bonchev–Trinajstić information content (AvgIpc) is 2.90. The van der Waals surface area contributed by atoms with Gasteiger partial charge in [-0.25, -0.2) is 0 Å². The molecule has 1 aliphatic rings. The van der Waals surface area contributed by atoms with Gasteiger partial charge in [-0.1, -0.05) is 5.16 Å². The van der Waals surface area contributed by atoms with Crippen molar-refractivity contribution in [3.63, 3.8) is 0 Å². The molecular weight excluding hydrogens is 242 g/mol. The third kappa shape index (κ3) is 2.19. The number of halogens is 1. The summed E-state index contributed by atoms with van der Waals surface area (Å²) in [7, 11) is 0. The van der Waals surface area contributed by atoms with Crippen LogP contribution in [0, 0.1) is 0 Å². The first-order chi connectivity index (χ1) is 7.83.